The zero-order valence-electron chi connectivity index (χ0n) is 38.5. The first-order valence-electron chi connectivity index (χ1n) is 24.0. The molecule has 0 aromatic rings. The normalized spacial score (nSPS) is 10.8. The van der Waals surface area contributed by atoms with Crippen molar-refractivity contribution in [3.63, 3.8) is 0 Å². The average Bonchev–Trinajstić information content (AvgIpc) is 3.19. The molecule has 0 radical (unpaired) electrons. The van der Waals surface area contributed by atoms with Gasteiger partial charge in [0.2, 0.25) is 11.8 Å². The molecule has 0 aliphatic rings. The summed E-state index contributed by atoms with van der Waals surface area (Å²) in [5.74, 6) is -0.545. The molecule has 0 saturated heterocycles. The van der Waals surface area contributed by atoms with Gasteiger partial charge in [-0.15, -0.1) is 0 Å². The number of rotatable bonds is 42. The lowest BCUT2D eigenvalue weighted by Gasteiger charge is -2.19. The van der Waals surface area contributed by atoms with Crippen LogP contribution in [0.5, 0.6) is 0 Å². The number of hydrogen-bond donors (Lipinski definition) is 3. The van der Waals surface area contributed by atoms with Crippen molar-refractivity contribution < 1.29 is 29.0 Å². The van der Waals surface area contributed by atoms with E-state index in [0.29, 0.717) is 64.7 Å². The predicted molar refractivity (Wildman–Crippen MR) is 245 cm³/mol. The number of ether oxygens (including phenoxy) is 1. The van der Waals surface area contributed by atoms with Crippen molar-refractivity contribution in [3.8, 4) is 0 Å². The van der Waals surface area contributed by atoms with Gasteiger partial charge < -0.3 is 20.5 Å². The van der Waals surface area contributed by atoms with Crippen LogP contribution in [0.3, 0.4) is 0 Å². The quantitative estimate of drug-likeness (QED) is 0.0178. The van der Waals surface area contributed by atoms with E-state index in [2.05, 4.69) is 30.7 Å². The van der Waals surface area contributed by atoms with Gasteiger partial charge in [0, 0.05) is 61.7 Å². The molecule has 0 fully saturated rings. The van der Waals surface area contributed by atoms with Gasteiger partial charge in [-0.2, -0.15) is 0 Å². The van der Waals surface area contributed by atoms with Crippen LogP contribution < -0.4 is 10.6 Å². The summed E-state index contributed by atoms with van der Waals surface area (Å²) in [7, 11) is 0. The Morgan fingerprint density at radius 3 is 0.983 bits per heavy atom. The first-order valence-corrected chi connectivity index (χ1v) is 24.0. The van der Waals surface area contributed by atoms with Crippen molar-refractivity contribution in [2.75, 3.05) is 26.2 Å². The van der Waals surface area contributed by atoms with Gasteiger partial charge in [-0.05, 0) is 70.4 Å². The number of nitrogens with zero attached hydrogens (tertiary/aromatic N) is 6. The minimum Gasteiger partial charge on any atom is -0.481 e. The molecule has 2 amide bonds. The van der Waals surface area contributed by atoms with Gasteiger partial charge in [0.1, 0.15) is 5.60 Å². The molecule has 0 aromatic heterocycles. The summed E-state index contributed by atoms with van der Waals surface area (Å²) >= 11 is 0. The van der Waals surface area contributed by atoms with E-state index in [4.69, 9.17) is 20.9 Å². The Morgan fingerprint density at radius 2 is 0.717 bits per heavy atom. The summed E-state index contributed by atoms with van der Waals surface area (Å²) < 4.78 is 5.32. The van der Waals surface area contributed by atoms with Gasteiger partial charge >= 0.3 is 11.9 Å². The van der Waals surface area contributed by atoms with Gasteiger partial charge in [0.15, 0.2) is 0 Å². The van der Waals surface area contributed by atoms with Crippen LogP contribution in [0.25, 0.3) is 20.9 Å². The fraction of sp³-hybridized carbons (Fsp3) is 0.913. The standard InChI is InChI=1S/C25H48N4O3.C21H40N4O3/c1-25(2,3)32-24(31)20-17-15-13-11-9-7-5-4-6-8-10-12-14-16-19-23(30)27-21-18-22-28-29-26;22-25-24-19-15-18-23-20(26)16-13-11-9-7-5-3-1-2-4-6-8-10-12-14-17-21(27)28/h4-22H2,1-3H3,(H,27,30);1-19H2,(H,23,26)(H,27,28). The number of azide groups is 2. The Hall–Kier alpha value is -3.50. The Bertz CT molecular complexity index is 1140. The summed E-state index contributed by atoms with van der Waals surface area (Å²) in [4.78, 5) is 50.6. The molecule has 14 heteroatoms. The number of carboxylic acids is 1. The second kappa shape index (κ2) is 46.6. The maximum Gasteiger partial charge on any atom is 0.306 e. The van der Waals surface area contributed by atoms with E-state index < -0.39 is 5.97 Å². The Morgan fingerprint density at radius 1 is 0.450 bits per heavy atom. The van der Waals surface area contributed by atoms with Crippen LogP contribution in [0.2, 0.25) is 0 Å². The molecule has 0 spiro atoms. The Labute approximate surface area is 364 Å². The van der Waals surface area contributed by atoms with E-state index in [9.17, 15) is 19.2 Å². The molecule has 348 valence electrons. The number of carbonyl (C=O) groups excluding carboxylic acids is 3. The summed E-state index contributed by atoms with van der Waals surface area (Å²) in [5, 5.41) is 21.1. The van der Waals surface area contributed by atoms with E-state index in [1.165, 1.54) is 128 Å². The average molecular weight is 849 g/mol. The van der Waals surface area contributed by atoms with Crippen LogP contribution in [0, 0.1) is 0 Å². The highest BCUT2D eigenvalue weighted by Crippen LogP contribution is 2.16. The number of nitrogens with one attached hydrogen (secondary N) is 2. The van der Waals surface area contributed by atoms with Gasteiger partial charge in [-0.1, -0.05) is 164 Å². The molecule has 0 bridgehead atoms. The van der Waals surface area contributed by atoms with Gasteiger partial charge in [0.25, 0.3) is 0 Å². The van der Waals surface area contributed by atoms with E-state index in [1.54, 1.807) is 0 Å². The van der Waals surface area contributed by atoms with Crippen LogP contribution in [-0.4, -0.2) is 60.6 Å². The molecule has 0 aromatic carbocycles. The van der Waals surface area contributed by atoms with E-state index >= 15 is 0 Å². The Kier molecular flexibility index (Phi) is 45.5. The minimum absolute atomic E-state index is 0.0709. The number of amides is 2. The maximum absolute atomic E-state index is 11.6. The van der Waals surface area contributed by atoms with Crippen LogP contribution >= 0.6 is 0 Å². The van der Waals surface area contributed by atoms with Crippen molar-refractivity contribution in [2.45, 2.75) is 245 Å². The minimum atomic E-state index is -0.680. The third-order valence-electron chi connectivity index (χ3n) is 10.1. The molecule has 14 nitrogen and oxygen atoms in total. The number of carboxylic acid groups (broad SMARTS) is 1. The molecule has 0 aliphatic heterocycles. The molecule has 0 aliphatic carbocycles. The SMILES string of the molecule is CC(C)(C)OC(=O)CCCCCCCCCCCCCCCCC(=O)NCCCN=[N+]=[N-].[N-]=[N+]=NCCCNC(=O)CCCCCCCCCCCCCCCCC(=O)O. The molecule has 0 saturated carbocycles. The third-order valence-corrected chi connectivity index (χ3v) is 10.1. The molecule has 0 rings (SSSR count). The first kappa shape index (κ1) is 58.6. The van der Waals surface area contributed by atoms with Crippen LogP contribution in [-0.2, 0) is 23.9 Å². The highest BCUT2D eigenvalue weighted by Gasteiger charge is 2.15. The molecule has 60 heavy (non-hydrogen) atoms. The first-order chi connectivity index (χ1) is 29.0. The third kappa shape index (κ3) is 54.5. The summed E-state index contributed by atoms with van der Waals surface area (Å²) in [6.45, 7) is 7.79. The largest absolute Gasteiger partial charge is 0.481 e. The summed E-state index contributed by atoms with van der Waals surface area (Å²) in [6, 6.07) is 0. The Balaban J connectivity index is 0. The molecule has 3 N–H and O–H groups in total. The van der Waals surface area contributed by atoms with Crippen molar-refractivity contribution in [1.82, 2.24) is 10.6 Å². The molecular weight excluding hydrogens is 761 g/mol. The lowest BCUT2D eigenvalue weighted by Crippen LogP contribution is -2.24. The highest BCUT2D eigenvalue weighted by molar-refractivity contribution is 5.76. The number of hydrogen-bond acceptors (Lipinski definition) is 7. The van der Waals surface area contributed by atoms with E-state index in [1.807, 2.05) is 20.8 Å². The smallest absolute Gasteiger partial charge is 0.306 e. The van der Waals surface area contributed by atoms with Gasteiger partial charge in [0.05, 0.1) is 0 Å². The summed E-state index contributed by atoms with van der Waals surface area (Å²) in [6.07, 6.45) is 37.1. The second-order valence-corrected chi connectivity index (χ2v) is 17.2. The number of esters is 1. The lowest BCUT2D eigenvalue weighted by atomic mass is 10.0. The van der Waals surface area contributed by atoms with Crippen LogP contribution in [0.15, 0.2) is 10.2 Å². The number of carbonyl (C=O) groups is 4. The van der Waals surface area contributed by atoms with E-state index in [-0.39, 0.29) is 23.4 Å². The number of unbranched alkanes of at least 4 members (excludes halogenated alkanes) is 26. The zero-order chi connectivity index (χ0) is 44.6. The van der Waals surface area contributed by atoms with E-state index in [0.717, 1.165) is 51.4 Å². The van der Waals surface area contributed by atoms with Crippen molar-refractivity contribution in [1.29, 1.82) is 0 Å². The van der Waals surface area contributed by atoms with Gasteiger partial charge in [-0.25, -0.2) is 0 Å². The molecule has 0 unspecified atom stereocenters. The van der Waals surface area contributed by atoms with Crippen molar-refractivity contribution in [3.05, 3.63) is 20.9 Å². The fourth-order valence-electron chi connectivity index (χ4n) is 6.77. The number of aliphatic carboxylic acids is 1. The molecule has 0 atom stereocenters. The highest BCUT2D eigenvalue weighted by atomic mass is 16.6. The molecule has 0 heterocycles. The van der Waals surface area contributed by atoms with Crippen LogP contribution in [0.4, 0.5) is 0 Å². The second-order valence-electron chi connectivity index (χ2n) is 17.2. The fourth-order valence-corrected chi connectivity index (χ4v) is 6.77. The van der Waals surface area contributed by atoms with Crippen LogP contribution in [0.1, 0.15) is 239 Å². The van der Waals surface area contributed by atoms with Crippen molar-refractivity contribution >= 4 is 23.8 Å². The monoisotopic (exact) mass is 849 g/mol. The van der Waals surface area contributed by atoms with Gasteiger partial charge in [-0.3, -0.25) is 19.2 Å². The summed E-state index contributed by atoms with van der Waals surface area (Å²) in [5.41, 5.74) is 16.0. The lowest BCUT2D eigenvalue weighted by molar-refractivity contribution is -0.155. The predicted octanol–water partition coefficient (Wildman–Crippen LogP) is 13.5. The maximum atomic E-state index is 11.6. The topological polar surface area (TPSA) is 219 Å². The molecular formula is C46H88N8O6. The zero-order valence-corrected chi connectivity index (χ0v) is 38.5. The van der Waals surface area contributed by atoms with Crippen molar-refractivity contribution in [2.24, 2.45) is 10.2 Å².